The van der Waals surface area contributed by atoms with Gasteiger partial charge in [0.05, 0.1) is 17.2 Å². The fourth-order valence-electron chi connectivity index (χ4n) is 4.80. The zero-order valence-electron chi connectivity index (χ0n) is 21.6. The Morgan fingerprint density at radius 1 is 1.24 bits per heavy atom. The van der Waals surface area contributed by atoms with Gasteiger partial charge in [-0.05, 0) is 83.0 Å². The lowest BCUT2D eigenvalue weighted by atomic mass is 9.85. The summed E-state index contributed by atoms with van der Waals surface area (Å²) in [6.45, 7) is 10.7. The molecule has 0 atom stereocenters. The lowest BCUT2D eigenvalue weighted by Crippen LogP contribution is -2.42. The molecule has 0 saturated carbocycles. The standard InChI is InChI=1S/C27H29FN8O/c1-6-35-24(37)18-14-30-25(32-17-7-8-19-16(13-17)11-12-31-27(19,4)5)34-22(18)36(35)23-20(28)9-10-21(33-23)26(2,3)15-29/h7-10,13-14,31H,6,11-12H2,1-5H3,(H,30,32,34). The number of anilines is 2. The minimum Gasteiger partial charge on any atom is -0.324 e. The van der Waals surface area contributed by atoms with E-state index in [9.17, 15) is 10.1 Å². The van der Waals surface area contributed by atoms with Crippen LogP contribution in [0.25, 0.3) is 16.9 Å². The van der Waals surface area contributed by atoms with E-state index in [0.29, 0.717) is 5.69 Å². The fraction of sp³-hybridized carbons (Fsp3) is 0.370. The molecule has 3 aromatic heterocycles. The molecule has 1 aromatic carbocycles. The van der Waals surface area contributed by atoms with E-state index in [1.54, 1.807) is 20.8 Å². The van der Waals surface area contributed by atoms with E-state index < -0.39 is 11.2 Å². The van der Waals surface area contributed by atoms with Gasteiger partial charge in [0, 0.05) is 24.0 Å². The van der Waals surface area contributed by atoms with E-state index in [2.05, 4.69) is 57.6 Å². The van der Waals surface area contributed by atoms with Crippen LogP contribution in [-0.4, -0.2) is 30.9 Å². The van der Waals surface area contributed by atoms with Crippen LogP contribution in [0.1, 0.15) is 51.4 Å². The molecule has 4 aromatic rings. The molecule has 0 spiro atoms. The van der Waals surface area contributed by atoms with Crippen molar-refractivity contribution in [2.75, 3.05) is 11.9 Å². The molecule has 9 nitrogen and oxygen atoms in total. The number of pyridine rings is 1. The minimum absolute atomic E-state index is 0.0945. The Hall–Kier alpha value is -4.10. The summed E-state index contributed by atoms with van der Waals surface area (Å²) >= 11 is 0. The largest absolute Gasteiger partial charge is 0.324 e. The maximum atomic E-state index is 15.1. The summed E-state index contributed by atoms with van der Waals surface area (Å²) in [5.41, 5.74) is 2.53. The maximum Gasteiger partial charge on any atom is 0.278 e. The molecule has 1 aliphatic heterocycles. The molecule has 0 fully saturated rings. The summed E-state index contributed by atoms with van der Waals surface area (Å²) in [4.78, 5) is 26.5. The Labute approximate surface area is 214 Å². The molecule has 190 valence electrons. The van der Waals surface area contributed by atoms with Gasteiger partial charge in [-0.25, -0.2) is 23.7 Å². The molecule has 2 N–H and O–H groups in total. The normalized spacial score (nSPS) is 14.8. The van der Waals surface area contributed by atoms with E-state index in [-0.39, 0.29) is 40.4 Å². The summed E-state index contributed by atoms with van der Waals surface area (Å²) in [6.07, 6.45) is 2.36. The molecule has 0 aliphatic carbocycles. The van der Waals surface area contributed by atoms with Crippen molar-refractivity contribution in [2.24, 2.45) is 0 Å². The van der Waals surface area contributed by atoms with Gasteiger partial charge in [-0.15, -0.1) is 0 Å². The van der Waals surface area contributed by atoms with Gasteiger partial charge in [-0.2, -0.15) is 10.2 Å². The number of hydrogen-bond donors (Lipinski definition) is 2. The SMILES string of the molecule is CCn1c(=O)c2cnc(Nc3ccc4c(c3)CCNC4(C)C)nc2n1-c1nc(C(C)(C)C#N)ccc1F. The van der Waals surface area contributed by atoms with Crippen LogP contribution < -0.4 is 16.2 Å². The number of nitriles is 1. The average molecular weight is 501 g/mol. The molecule has 0 radical (unpaired) electrons. The summed E-state index contributed by atoms with van der Waals surface area (Å²) in [5.74, 6) is -0.449. The second-order valence-corrected chi connectivity index (χ2v) is 10.3. The Balaban J connectivity index is 1.62. The molecule has 4 heterocycles. The van der Waals surface area contributed by atoms with E-state index in [0.717, 1.165) is 18.7 Å². The van der Waals surface area contributed by atoms with Crippen molar-refractivity contribution in [1.29, 1.82) is 5.26 Å². The summed E-state index contributed by atoms with van der Waals surface area (Å²) in [6, 6.07) is 11.1. The van der Waals surface area contributed by atoms with E-state index in [4.69, 9.17) is 0 Å². The lowest BCUT2D eigenvalue weighted by molar-refractivity contribution is 0.382. The van der Waals surface area contributed by atoms with Crippen LogP contribution in [0.2, 0.25) is 0 Å². The van der Waals surface area contributed by atoms with Crippen LogP contribution in [-0.2, 0) is 23.9 Å². The van der Waals surface area contributed by atoms with Gasteiger partial charge in [0.15, 0.2) is 17.3 Å². The van der Waals surface area contributed by atoms with Gasteiger partial charge in [0.1, 0.15) is 5.39 Å². The Morgan fingerprint density at radius 3 is 2.76 bits per heavy atom. The molecule has 0 unspecified atom stereocenters. The minimum atomic E-state index is -0.943. The first-order valence-corrected chi connectivity index (χ1v) is 12.3. The first-order valence-electron chi connectivity index (χ1n) is 12.3. The molecule has 0 amide bonds. The summed E-state index contributed by atoms with van der Waals surface area (Å²) in [5, 5.41) is 16.6. The van der Waals surface area contributed by atoms with Gasteiger partial charge in [-0.1, -0.05) is 6.07 Å². The first kappa shape index (κ1) is 24.6. The zero-order chi connectivity index (χ0) is 26.5. The maximum absolute atomic E-state index is 15.1. The molecular weight excluding hydrogens is 471 g/mol. The molecule has 0 saturated heterocycles. The third-order valence-corrected chi connectivity index (χ3v) is 6.92. The smallest absolute Gasteiger partial charge is 0.278 e. The van der Waals surface area contributed by atoms with Crippen molar-refractivity contribution < 1.29 is 4.39 Å². The van der Waals surface area contributed by atoms with Crippen LogP contribution in [0.5, 0.6) is 0 Å². The monoisotopic (exact) mass is 500 g/mol. The number of fused-ring (bicyclic) bond motifs is 2. The Kier molecular flexibility index (Phi) is 5.83. The lowest BCUT2D eigenvalue weighted by Gasteiger charge is -2.34. The summed E-state index contributed by atoms with van der Waals surface area (Å²) in [7, 11) is 0. The summed E-state index contributed by atoms with van der Waals surface area (Å²) < 4.78 is 17.9. The van der Waals surface area contributed by atoms with Crippen LogP contribution in [0.3, 0.4) is 0 Å². The van der Waals surface area contributed by atoms with Crippen molar-refractivity contribution in [2.45, 2.75) is 58.5 Å². The van der Waals surface area contributed by atoms with E-state index in [1.807, 2.05) is 6.07 Å². The third kappa shape index (κ3) is 4.15. The number of hydrogen-bond acceptors (Lipinski definition) is 7. The topological polar surface area (TPSA) is 113 Å². The number of nitrogens with zero attached hydrogens (tertiary/aromatic N) is 6. The molecule has 10 heteroatoms. The molecule has 37 heavy (non-hydrogen) atoms. The number of rotatable bonds is 5. The van der Waals surface area contributed by atoms with Crippen molar-refractivity contribution in [3.05, 3.63) is 69.5 Å². The molecule has 0 bridgehead atoms. The predicted molar refractivity (Wildman–Crippen MR) is 140 cm³/mol. The quantitative estimate of drug-likeness (QED) is 0.425. The molecule has 1 aliphatic rings. The van der Waals surface area contributed by atoms with Crippen LogP contribution in [0.4, 0.5) is 16.0 Å². The van der Waals surface area contributed by atoms with E-state index >= 15 is 4.39 Å². The predicted octanol–water partition coefficient (Wildman–Crippen LogP) is 4.06. The second-order valence-electron chi connectivity index (χ2n) is 10.3. The highest BCUT2D eigenvalue weighted by Gasteiger charge is 2.28. The van der Waals surface area contributed by atoms with E-state index in [1.165, 1.54) is 38.8 Å². The fourth-order valence-corrected chi connectivity index (χ4v) is 4.80. The molecule has 5 rings (SSSR count). The van der Waals surface area contributed by atoms with Crippen LogP contribution >= 0.6 is 0 Å². The number of benzene rings is 1. The number of nitrogens with one attached hydrogen (secondary N) is 2. The van der Waals surface area contributed by atoms with Crippen molar-refractivity contribution in [3.63, 3.8) is 0 Å². The van der Waals surface area contributed by atoms with Crippen LogP contribution in [0.15, 0.2) is 41.3 Å². The number of halogens is 1. The van der Waals surface area contributed by atoms with Crippen LogP contribution in [0, 0.1) is 17.1 Å². The van der Waals surface area contributed by atoms with Crippen molar-refractivity contribution >= 4 is 22.7 Å². The van der Waals surface area contributed by atoms with Gasteiger partial charge < -0.3 is 10.6 Å². The van der Waals surface area contributed by atoms with Gasteiger partial charge in [0.25, 0.3) is 5.56 Å². The van der Waals surface area contributed by atoms with Gasteiger partial charge >= 0.3 is 0 Å². The Bertz CT molecular complexity index is 1630. The van der Waals surface area contributed by atoms with Crippen molar-refractivity contribution in [3.8, 4) is 11.9 Å². The third-order valence-electron chi connectivity index (χ3n) is 6.92. The molecular formula is C27H29FN8O. The second kappa shape index (κ2) is 8.78. The average Bonchev–Trinajstić information content (AvgIpc) is 3.14. The highest BCUT2D eigenvalue weighted by atomic mass is 19.1. The van der Waals surface area contributed by atoms with Crippen molar-refractivity contribution in [1.82, 2.24) is 29.6 Å². The Morgan fingerprint density at radius 2 is 2.03 bits per heavy atom. The number of aromatic nitrogens is 5. The first-order chi connectivity index (χ1) is 17.6. The van der Waals surface area contributed by atoms with Gasteiger partial charge in [0.2, 0.25) is 5.95 Å². The highest BCUT2D eigenvalue weighted by Crippen LogP contribution is 2.31. The zero-order valence-corrected chi connectivity index (χ0v) is 21.6. The highest BCUT2D eigenvalue weighted by molar-refractivity contribution is 5.77. The van der Waals surface area contributed by atoms with Gasteiger partial charge in [-0.3, -0.25) is 4.79 Å².